The Hall–Kier alpha value is -1.69. The number of methoxy groups -OCH3 is 1. The lowest BCUT2D eigenvalue weighted by atomic mass is 9.79. The molecule has 6 heteroatoms. The Morgan fingerprint density at radius 3 is 2.64 bits per heavy atom. The summed E-state index contributed by atoms with van der Waals surface area (Å²) >= 11 is 0. The molecule has 0 unspecified atom stereocenters. The van der Waals surface area contributed by atoms with Crippen molar-refractivity contribution in [3.05, 3.63) is 24.3 Å². The summed E-state index contributed by atoms with van der Waals surface area (Å²) in [5, 5.41) is 17.6. The number of carboxylic acid groups (broad SMARTS) is 1. The summed E-state index contributed by atoms with van der Waals surface area (Å²) in [5.74, 6) is 0.376. The lowest BCUT2D eigenvalue weighted by Crippen LogP contribution is -2.36. The fourth-order valence-corrected chi connectivity index (χ4v) is 1.03. The van der Waals surface area contributed by atoms with E-state index in [4.69, 9.17) is 9.84 Å². The molecule has 1 aromatic carbocycles. The second-order valence-corrected chi connectivity index (χ2v) is 2.48. The van der Waals surface area contributed by atoms with E-state index in [1.165, 1.54) is 13.2 Å². The fraction of sp³-hybridized carbons (Fsp3) is 0.125. The summed E-state index contributed by atoms with van der Waals surface area (Å²) < 4.78 is 9.09. The molecule has 0 aromatic heterocycles. The maximum absolute atomic E-state index is 10.2. The number of benzene rings is 1. The quantitative estimate of drug-likeness (QED) is 0.669. The number of ether oxygens (including phenoxy) is 1. The van der Waals surface area contributed by atoms with Crippen LogP contribution in [0.3, 0.4) is 0 Å². The van der Waals surface area contributed by atoms with Crippen LogP contribution in [0.1, 0.15) is 0 Å². The Kier molecular flexibility index (Phi) is 3.36. The molecule has 0 radical (unpaired) electrons. The van der Waals surface area contributed by atoms with Crippen LogP contribution in [0, 0.1) is 0 Å². The minimum absolute atomic E-state index is 0.275. The van der Waals surface area contributed by atoms with Crippen molar-refractivity contribution >= 4 is 18.7 Å². The third kappa shape index (κ3) is 2.40. The Labute approximate surface area is 81.0 Å². The largest absolute Gasteiger partial charge is 0.568 e. The molecule has 0 saturated carbocycles. The van der Waals surface area contributed by atoms with Crippen molar-refractivity contribution in [3.63, 3.8) is 0 Å². The average molecular weight is 196 g/mol. The summed E-state index contributed by atoms with van der Waals surface area (Å²) in [6, 6.07) is 6.47. The van der Waals surface area contributed by atoms with Gasteiger partial charge in [0.1, 0.15) is 5.75 Å². The number of para-hydroxylation sites is 1. The molecule has 2 N–H and O–H groups in total. The maximum Gasteiger partial charge on any atom is 0.568 e. The molecular weight excluding hydrogens is 187 g/mol. The highest BCUT2D eigenvalue weighted by atomic mass is 16.7. The van der Waals surface area contributed by atoms with E-state index in [2.05, 4.69) is 4.65 Å². The van der Waals surface area contributed by atoms with Gasteiger partial charge in [0.25, 0.3) is 0 Å². The van der Waals surface area contributed by atoms with Crippen LogP contribution < -0.4 is 10.2 Å². The molecule has 0 spiro atoms. The van der Waals surface area contributed by atoms with Crippen LogP contribution >= 0.6 is 0 Å². The van der Waals surface area contributed by atoms with Gasteiger partial charge in [-0.3, -0.25) is 0 Å². The van der Waals surface area contributed by atoms with Gasteiger partial charge in [0.2, 0.25) is 0 Å². The zero-order chi connectivity index (χ0) is 10.6. The Balaban J connectivity index is 2.87. The van der Waals surface area contributed by atoms with Gasteiger partial charge < -0.3 is 19.5 Å². The predicted molar refractivity (Wildman–Crippen MR) is 49.7 cm³/mol. The molecule has 0 aliphatic heterocycles. The number of carbonyl (C=O) groups is 1. The van der Waals surface area contributed by atoms with Gasteiger partial charge in [-0.1, -0.05) is 18.2 Å². The molecule has 0 heterocycles. The first-order chi connectivity index (χ1) is 6.65. The summed E-state index contributed by atoms with van der Waals surface area (Å²) in [7, 11) is -0.101. The molecule has 5 nitrogen and oxygen atoms in total. The second kappa shape index (κ2) is 4.52. The third-order valence-corrected chi connectivity index (χ3v) is 1.62. The molecule has 0 atom stereocenters. The van der Waals surface area contributed by atoms with Gasteiger partial charge in [-0.05, 0) is 6.07 Å². The van der Waals surface area contributed by atoms with Crippen molar-refractivity contribution < 1.29 is 24.3 Å². The molecule has 74 valence electrons. The van der Waals surface area contributed by atoms with E-state index in [9.17, 15) is 9.82 Å². The Bertz CT molecular complexity index is 327. The zero-order valence-electron chi connectivity index (χ0n) is 7.51. The van der Waals surface area contributed by atoms with Crippen LogP contribution in [-0.4, -0.2) is 30.5 Å². The number of hydrogen-bond donors (Lipinski definition) is 2. The van der Waals surface area contributed by atoms with E-state index in [0.29, 0.717) is 5.75 Å². The Morgan fingerprint density at radius 2 is 2.07 bits per heavy atom. The number of rotatable bonds is 3. The van der Waals surface area contributed by atoms with Crippen LogP contribution in [-0.2, 0) is 4.65 Å². The van der Waals surface area contributed by atoms with Gasteiger partial charge in [-0.25, -0.2) is 4.79 Å². The van der Waals surface area contributed by atoms with Gasteiger partial charge in [0.15, 0.2) is 0 Å². The zero-order valence-corrected chi connectivity index (χ0v) is 7.51. The maximum atomic E-state index is 10.2. The van der Waals surface area contributed by atoms with Crippen molar-refractivity contribution in [2.45, 2.75) is 0 Å². The van der Waals surface area contributed by atoms with Crippen molar-refractivity contribution in [1.29, 1.82) is 0 Å². The highest BCUT2D eigenvalue weighted by Gasteiger charge is 2.24. The molecule has 0 amide bonds. The lowest BCUT2D eigenvalue weighted by Gasteiger charge is -2.09. The fourth-order valence-electron chi connectivity index (χ4n) is 1.03. The van der Waals surface area contributed by atoms with Gasteiger partial charge >= 0.3 is 13.3 Å². The first-order valence-electron chi connectivity index (χ1n) is 3.85. The summed E-state index contributed by atoms with van der Waals surface area (Å²) in [6.45, 7) is 0. The van der Waals surface area contributed by atoms with E-state index < -0.39 is 13.3 Å². The first kappa shape index (κ1) is 10.4. The van der Waals surface area contributed by atoms with E-state index in [0.717, 1.165) is 0 Å². The minimum atomic E-state index is -1.54. The SMILES string of the molecule is COc1ccccc1B(O)OC(=O)O. The second-order valence-electron chi connectivity index (χ2n) is 2.48. The minimum Gasteiger partial charge on any atom is -0.497 e. The summed E-state index contributed by atoms with van der Waals surface area (Å²) in [6.07, 6.45) is -1.54. The van der Waals surface area contributed by atoms with Crippen LogP contribution in [0.2, 0.25) is 0 Å². The Morgan fingerprint density at radius 1 is 1.43 bits per heavy atom. The van der Waals surface area contributed by atoms with Crippen molar-refractivity contribution in [3.8, 4) is 5.75 Å². The predicted octanol–water partition coefficient (Wildman–Crippen LogP) is 0.0773. The normalized spacial score (nSPS) is 9.29. The lowest BCUT2D eigenvalue weighted by molar-refractivity contribution is 0.137. The molecule has 0 fully saturated rings. The highest BCUT2D eigenvalue weighted by Crippen LogP contribution is 2.06. The molecule has 0 aliphatic carbocycles. The van der Waals surface area contributed by atoms with Gasteiger partial charge in [0.05, 0.1) is 7.11 Å². The van der Waals surface area contributed by atoms with Gasteiger partial charge in [0, 0.05) is 5.46 Å². The van der Waals surface area contributed by atoms with E-state index in [-0.39, 0.29) is 5.46 Å². The smallest absolute Gasteiger partial charge is 0.497 e. The summed E-state index contributed by atoms with van der Waals surface area (Å²) in [4.78, 5) is 10.2. The van der Waals surface area contributed by atoms with Gasteiger partial charge in [-0.15, -0.1) is 0 Å². The number of hydrogen-bond acceptors (Lipinski definition) is 4. The van der Waals surface area contributed by atoms with Crippen molar-refractivity contribution in [1.82, 2.24) is 0 Å². The van der Waals surface area contributed by atoms with Crippen molar-refractivity contribution in [2.75, 3.05) is 7.11 Å². The van der Waals surface area contributed by atoms with Crippen LogP contribution in [0.15, 0.2) is 24.3 Å². The summed E-state index contributed by atoms with van der Waals surface area (Å²) in [5.41, 5.74) is 0.275. The van der Waals surface area contributed by atoms with Crippen LogP contribution in [0.5, 0.6) is 5.75 Å². The monoisotopic (exact) mass is 196 g/mol. The van der Waals surface area contributed by atoms with Gasteiger partial charge in [-0.2, -0.15) is 0 Å². The first-order valence-corrected chi connectivity index (χ1v) is 3.85. The standard InChI is InChI=1S/C8H9BO5/c1-13-7-5-3-2-4-6(7)9(12)14-8(10)11/h2-5,12H,1H3,(H,10,11). The van der Waals surface area contributed by atoms with E-state index in [1.54, 1.807) is 18.2 Å². The average Bonchev–Trinajstić information content (AvgIpc) is 2.16. The topological polar surface area (TPSA) is 76.0 Å². The molecule has 0 bridgehead atoms. The van der Waals surface area contributed by atoms with Crippen molar-refractivity contribution in [2.24, 2.45) is 0 Å². The molecule has 0 saturated heterocycles. The van der Waals surface area contributed by atoms with Crippen LogP contribution in [0.25, 0.3) is 0 Å². The molecular formula is C8H9BO5. The highest BCUT2D eigenvalue weighted by molar-refractivity contribution is 6.62. The van der Waals surface area contributed by atoms with E-state index in [1.807, 2.05) is 0 Å². The third-order valence-electron chi connectivity index (χ3n) is 1.62. The van der Waals surface area contributed by atoms with E-state index >= 15 is 0 Å². The molecule has 1 aromatic rings. The van der Waals surface area contributed by atoms with Crippen LogP contribution in [0.4, 0.5) is 4.79 Å². The molecule has 0 aliphatic rings. The molecule has 14 heavy (non-hydrogen) atoms. The molecule has 1 rings (SSSR count).